The zero-order valence-corrected chi connectivity index (χ0v) is 6.69. The first kappa shape index (κ1) is 7.34. The lowest BCUT2D eigenvalue weighted by molar-refractivity contribution is 0.107. The molecule has 0 unspecified atom stereocenters. The maximum atomic E-state index is 5.04. The average molecular weight is 166 g/mol. The summed E-state index contributed by atoms with van der Waals surface area (Å²) in [5.74, 6) is 0.707. The van der Waals surface area contributed by atoms with E-state index in [4.69, 9.17) is 9.36 Å². The third kappa shape index (κ3) is 1.64. The number of oxime groups is 1. The molecule has 1 aromatic rings. The largest absolute Gasteiger partial charge is 0.388 e. The molecule has 0 aliphatic heterocycles. The van der Waals surface area contributed by atoms with E-state index in [9.17, 15) is 0 Å². The van der Waals surface area contributed by atoms with Crippen LogP contribution in [0.1, 0.15) is 25.0 Å². The normalized spacial score (nSPS) is 15.5. The van der Waals surface area contributed by atoms with Gasteiger partial charge in [-0.2, -0.15) is 0 Å². The van der Waals surface area contributed by atoms with E-state index in [1.165, 1.54) is 6.42 Å². The van der Waals surface area contributed by atoms with Crippen molar-refractivity contribution in [1.82, 2.24) is 5.16 Å². The lowest BCUT2D eigenvalue weighted by atomic mass is 9.98. The number of rotatable bonds is 3. The standard InChI is InChI=1S/C8H10N2O2/c1-2-7(3-1)10-11-6-8-4-5-9-12-8/h4-5H,1-3,6H2. The summed E-state index contributed by atoms with van der Waals surface area (Å²) in [5.41, 5.74) is 1.15. The molecule has 0 N–H and O–H groups in total. The van der Waals surface area contributed by atoms with Gasteiger partial charge < -0.3 is 9.36 Å². The van der Waals surface area contributed by atoms with Gasteiger partial charge in [-0.25, -0.2) is 0 Å². The van der Waals surface area contributed by atoms with E-state index in [1.807, 2.05) is 0 Å². The van der Waals surface area contributed by atoms with Gasteiger partial charge >= 0.3 is 0 Å². The van der Waals surface area contributed by atoms with E-state index in [0.717, 1.165) is 18.6 Å². The molecular formula is C8H10N2O2. The second-order valence-electron chi connectivity index (χ2n) is 2.76. The maximum absolute atomic E-state index is 5.04. The van der Waals surface area contributed by atoms with Crippen molar-refractivity contribution in [2.24, 2.45) is 5.16 Å². The second kappa shape index (κ2) is 3.38. The van der Waals surface area contributed by atoms with Crippen molar-refractivity contribution >= 4 is 5.71 Å². The first-order valence-electron chi connectivity index (χ1n) is 4.02. The SMILES string of the molecule is c1cc(CON=C2CCC2)on1. The monoisotopic (exact) mass is 166 g/mol. The van der Waals surface area contributed by atoms with Crippen LogP contribution < -0.4 is 0 Å². The molecule has 1 aliphatic carbocycles. The van der Waals surface area contributed by atoms with Gasteiger partial charge in [0.05, 0.1) is 11.9 Å². The molecule has 0 atom stereocenters. The fourth-order valence-corrected chi connectivity index (χ4v) is 0.930. The van der Waals surface area contributed by atoms with Gasteiger partial charge in [0.15, 0.2) is 12.4 Å². The van der Waals surface area contributed by atoms with Crippen molar-refractivity contribution < 1.29 is 9.36 Å². The molecule has 1 heterocycles. The molecule has 1 aromatic heterocycles. The van der Waals surface area contributed by atoms with Crippen LogP contribution in [0.5, 0.6) is 0 Å². The van der Waals surface area contributed by atoms with Gasteiger partial charge in [-0.1, -0.05) is 10.3 Å². The van der Waals surface area contributed by atoms with Crippen molar-refractivity contribution in [2.45, 2.75) is 25.9 Å². The number of hydrogen-bond acceptors (Lipinski definition) is 4. The summed E-state index contributed by atoms with van der Waals surface area (Å²) in [4.78, 5) is 5.04. The highest BCUT2D eigenvalue weighted by Gasteiger charge is 2.10. The number of aromatic nitrogens is 1. The van der Waals surface area contributed by atoms with Gasteiger partial charge in [0.2, 0.25) is 0 Å². The summed E-state index contributed by atoms with van der Waals surface area (Å²) in [6.45, 7) is 0.378. The third-order valence-electron chi connectivity index (χ3n) is 1.82. The van der Waals surface area contributed by atoms with Crippen LogP contribution in [-0.2, 0) is 11.4 Å². The lowest BCUT2D eigenvalue weighted by Crippen LogP contribution is -2.09. The Hall–Kier alpha value is -1.32. The highest BCUT2D eigenvalue weighted by atomic mass is 16.6. The molecule has 64 valence electrons. The molecule has 12 heavy (non-hydrogen) atoms. The first-order valence-corrected chi connectivity index (χ1v) is 4.02. The molecule has 0 saturated heterocycles. The van der Waals surface area contributed by atoms with Crippen LogP contribution in [0.4, 0.5) is 0 Å². The minimum absolute atomic E-state index is 0.378. The molecule has 1 saturated carbocycles. The topological polar surface area (TPSA) is 47.6 Å². The summed E-state index contributed by atoms with van der Waals surface area (Å²) in [6, 6.07) is 1.76. The summed E-state index contributed by atoms with van der Waals surface area (Å²) in [5, 5.41) is 7.48. The van der Waals surface area contributed by atoms with Crippen LogP contribution in [-0.4, -0.2) is 10.9 Å². The zero-order chi connectivity index (χ0) is 8.23. The molecule has 0 aromatic carbocycles. The first-order chi connectivity index (χ1) is 5.95. The zero-order valence-electron chi connectivity index (χ0n) is 6.69. The fourth-order valence-electron chi connectivity index (χ4n) is 0.930. The van der Waals surface area contributed by atoms with Crippen LogP contribution >= 0.6 is 0 Å². The van der Waals surface area contributed by atoms with E-state index in [1.54, 1.807) is 12.3 Å². The smallest absolute Gasteiger partial charge is 0.177 e. The minimum Gasteiger partial charge on any atom is -0.388 e. The van der Waals surface area contributed by atoms with Gasteiger partial charge in [-0.05, 0) is 19.3 Å². The van der Waals surface area contributed by atoms with Crippen LogP contribution in [0.3, 0.4) is 0 Å². The molecule has 0 radical (unpaired) electrons. The van der Waals surface area contributed by atoms with Gasteiger partial charge in [-0.15, -0.1) is 0 Å². The van der Waals surface area contributed by atoms with Crippen molar-refractivity contribution in [2.75, 3.05) is 0 Å². The van der Waals surface area contributed by atoms with Gasteiger partial charge in [0, 0.05) is 6.07 Å². The number of nitrogens with zero attached hydrogens (tertiary/aromatic N) is 2. The highest BCUT2D eigenvalue weighted by molar-refractivity contribution is 5.88. The Morgan fingerprint density at radius 3 is 3.08 bits per heavy atom. The fraction of sp³-hybridized carbons (Fsp3) is 0.500. The molecule has 0 spiro atoms. The van der Waals surface area contributed by atoms with E-state index in [2.05, 4.69) is 10.3 Å². The third-order valence-corrected chi connectivity index (χ3v) is 1.82. The van der Waals surface area contributed by atoms with Gasteiger partial charge in [0.1, 0.15) is 0 Å². The van der Waals surface area contributed by atoms with Crippen molar-refractivity contribution in [3.05, 3.63) is 18.0 Å². The molecular weight excluding hydrogens is 156 g/mol. The summed E-state index contributed by atoms with van der Waals surface area (Å²) < 4.78 is 4.82. The second-order valence-corrected chi connectivity index (χ2v) is 2.76. The summed E-state index contributed by atoms with van der Waals surface area (Å²) >= 11 is 0. The van der Waals surface area contributed by atoms with Crippen molar-refractivity contribution in [3.63, 3.8) is 0 Å². The Morgan fingerprint density at radius 1 is 1.58 bits per heavy atom. The average Bonchev–Trinajstić information content (AvgIpc) is 2.46. The van der Waals surface area contributed by atoms with Crippen molar-refractivity contribution in [3.8, 4) is 0 Å². The van der Waals surface area contributed by atoms with E-state index < -0.39 is 0 Å². The Balaban J connectivity index is 1.75. The van der Waals surface area contributed by atoms with Crippen LogP contribution in [0.25, 0.3) is 0 Å². The molecule has 2 rings (SSSR count). The maximum Gasteiger partial charge on any atom is 0.177 e. The van der Waals surface area contributed by atoms with E-state index in [0.29, 0.717) is 12.4 Å². The predicted molar refractivity (Wildman–Crippen MR) is 42.6 cm³/mol. The predicted octanol–water partition coefficient (Wildman–Crippen LogP) is 1.73. The molecule has 1 aliphatic rings. The van der Waals surface area contributed by atoms with Gasteiger partial charge in [0.25, 0.3) is 0 Å². The van der Waals surface area contributed by atoms with Crippen LogP contribution in [0.15, 0.2) is 21.9 Å². The molecule has 4 heteroatoms. The van der Waals surface area contributed by atoms with Gasteiger partial charge in [-0.3, -0.25) is 0 Å². The molecule has 0 bridgehead atoms. The van der Waals surface area contributed by atoms with Crippen molar-refractivity contribution in [1.29, 1.82) is 0 Å². The molecule has 1 fully saturated rings. The quantitative estimate of drug-likeness (QED) is 0.642. The Bertz CT molecular complexity index is 261. The van der Waals surface area contributed by atoms with Crippen LogP contribution in [0.2, 0.25) is 0 Å². The Labute approximate surface area is 70.2 Å². The Morgan fingerprint density at radius 2 is 2.50 bits per heavy atom. The summed E-state index contributed by atoms with van der Waals surface area (Å²) in [6.07, 6.45) is 4.99. The Kier molecular flexibility index (Phi) is 2.07. The minimum atomic E-state index is 0.378. The highest BCUT2D eigenvalue weighted by Crippen LogP contribution is 2.14. The van der Waals surface area contributed by atoms with E-state index >= 15 is 0 Å². The molecule has 4 nitrogen and oxygen atoms in total. The molecule has 0 amide bonds. The number of hydrogen-bond donors (Lipinski definition) is 0. The summed E-state index contributed by atoms with van der Waals surface area (Å²) in [7, 11) is 0. The lowest BCUT2D eigenvalue weighted by Gasteiger charge is -2.12. The van der Waals surface area contributed by atoms with E-state index in [-0.39, 0.29) is 0 Å². The van der Waals surface area contributed by atoms with Crippen LogP contribution in [0, 0.1) is 0 Å².